The van der Waals surface area contributed by atoms with Crippen LogP contribution in [0.15, 0.2) is 59.2 Å². The van der Waals surface area contributed by atoms with Gasteiger partial charge in [-0.1, -0.05) is 28.1 Å². The summed E-state index contributed by atoms with van der Waals surface area (Å²) in [6.45, 7) is 7.09. The number of urea groups is 1. The lowest BCUT2D eigenvalue weighted by molar-refractivity contribution is 0.215. The van der Waals surface area contributed by atoms with Gasteiger partial charge in [0.05, 0.1) is 16.6 Å². The molecular weight excluding hydrogens is 466 g/mol. The highest BCUT2D eigenvalue weighted by Gasteiger charge is 2.22. The van der Waals surface area contributed by atoms with Crippen LogP contribution in [0.5, 0.6) is 0 Å². The molecule has 1 aliphatic heterocycles. The van der Waals surface area contributed by atoms with Gasteiger partial charge in [0, 0.05) is 42.5 Å². The number of nitrogens with zero attached hydrogens (tertiary/aromatic N) is 4. The minimum Gasteiger partial charge on any atom is -0.353 e. The second kappa shape index (κ2) is 8.47. The normalized spacial score (nSPS) is 14.7. The summed E-state index contributed by atoms with van der Waals surface area (Å²) in [6.07, 6.45) is 2.98. The monoisotopic (exact) mass is 491 g/mol. The molecule has 5 rings (SSSR count). The fourth-order valence-electron chi connectivity index (χ4n) is 4.38. The van der Waals surface area contributed by atoms with Gasteiger partial charge in [-0.3, -0.25) is 0 Å². The van der Waals surface area contributed by atoms with E-state index >= 15 is 0 Å². The summed E-state index contributed by atoms with van der Waals surface area (Å²) in [5.74, 6) is 0.970. The molecule has 32 heavy (non-hydrogen) atoms. The molecule has 1 aliphatic rings. The SMILES string of the molecule is Cc1cccc(NC(=O)N2CCCN(c3nc4cc(Br)ccc4n4cccc34)CC2)c1C. The first-order valence-electron chi connectivity index (χ1n) is 10.9. The molecule has 6 nitrogen and oxygen atoms in total. The summed E-state index contributed by atoms with van der Waals surface area (Å²) in [5, 5.41) is 3.10. The van der Waals surface area contributed by atoms with Crippen molar-refractivity contribution in [3.63, 3.8) is 0 Å². The summed E-state index contributed by atoms with van der Waals surface area (Å²) in [6, 6.07) is 16.3. The van der Waals surface area contributed by atoms with Crippen LogP contribution in [0.4, 0.5) is 16.3 Å². The van der Waals surface area contributed by atoms with Crippen LogP contribution in [-0.2, 0) is 0 Å². The van der Waals surface area contributed by atoms with Crippen LogP contribution in [0.25, 0.3) is 16.6 Å². The van der Waals surface area contributed by atoms with Crippen molar-refractivity contribution in [1.82, 2.24) is 14.3 Å². The van der Waals surface area contributed by atoms with Crippen LogP contribution in [0, 0.1) is 13.8 Å². The summed E-state index contributed by atoms with van der Waals surface area (Å²) >= 11 is 3.57. The Morgan fingerprint density at radius 2 is 1.88 bits per heavy atom. The molecule has 164 valence electrons. The van der Waals surface area contributed by atoms with E-state index in [1.807, 2.05) is 30.0 Å². The molecule has 1 fully saturated rings. The molecule has 1 N–H and O–H groups in total. The van der Waals surface area contributed by atoms with Crippen molar-refractivity contribution < 1.29 is 4.79 Å². The van der Waals surface area contributed by atoms with Gasteiger partial charge in [-0.05, 0) is 67.8 Å². The van der Waals surface area contributed by atoms with Gasteiger partial charge in [0.15, 0.2) is 5.82 Å². The van der Waals surface area contributed by atoms with E-state index in [0.29, 0.717) is 6.54 Å². The molecule has 2 amide bonds. The van der Waals surface area contributed by atoms with Gasteiger partial charge in [0.2, 0.25) is 0 Å². The van der Waals surface area contributed by atoms with E-state index in [1.165, 1.54) is 5.56 Å². The van der Waals surface area contributed by atoms with Crippen molar-refractivity contribution in [3.05, 3.63) is 70.3 Å². The Kier molecular flexibility index (Phi) is 5.51. The van der Waals surface area contributed by atoms with Crippen molar-refractivity contribution in [2.24, 2.45) is 0 Å². The molecule has 0 unspecified atom stereocenters. The highest BCUT2D eigenvalue weighted by Crippen LogP contribution is 2.28. The number of halogens is 1. The van der Waals surface area contributed by atoms with E-state index in [0.717, 1.165) is 64.1 Å². The Labute approximate surface area is 196 Å². The van der Waals surface area contributed by atoms with Crippen LogP contribution >= 0.6 is 15.9 Å². The number of carbonyl (C=O) groups is 1. The van der Waals surface area contributed by atoms with E-state index in [-0.39, 0.29) is 6.03 Å². The number of benzene rings is 2. The summed E-state index contributed by atoms with van der Waals surface area (Å²) in [5.41, 5.74) is 6.29. The Morgan fingerprint density at radius 1 is 1.00 bits per heavy atom. The smallest absolute Gasteiger partial charge is 0.321 e. The maximum atomic E-state index is 13.0. The Bertz CT molecular complexity index is 1310. The molecule has 7 heteroatoms. The first-order chi connectivity index (χ1) is 15.5. The number of amides is 2. The number of anilines is 2. The highest BCUT2D eigenvalue weighted by molar-refractivity contribution is 9.10. The van der Waals surface area contributed by atoms with E-state index in [1.54, 1.807) is 0 Å². The number of carbonyl (C=O) groups excluding carboxylic acids is 1. The third-order valence-electron chi connectivity index (χ3n) is 6.33. The zero-order valence-electron chi connectivity index (χ0n) is 18.3. The molecule has 0 bridgehead atoms. The zero-order valence-corrected chi connectivity index (χ0v) is 19.9. The molecule has 0 spiro atoms. The molecule has 0 atom stereocenters. The fourth-order valence-corrected chi connectivity index (χ4v) is 4.73. The van der Waals surface area contributed by atoms with Gasteiger partial charge in [-0.25, -0.2) is 9.78 Å². The Hall–Kier alpha value is -3.06. The fraction of sp³-hybridized carbons (Fsp3) is 0.280. The van der Waals surface area contributed by atoms with Gasteiger partial charge in [-0.2, -0.15) is 0 Å². The maximum absolute atomic E-state index is 13.0. The molecule has 3 heterocycles. The van der Waals surface area contributed by atoms with E-state index < -0.39 is 0 Å². The van der Waals surface area contributed by atoms with Gasteiger partial charge in [0.25, 0.3) is 0 Å². The lowest BCUT2D eigenvalue weighted by Gasteiger charge is -2.24. The average molecular weight is 492 g/mol. The highest BCUT2D eigenvalue weighted by atomic mass is 79.9. The number of rotatable bonds is 2. The number of aromatic nitrogens is 2. The second-order valence-corrected chi connectivity index (χ2v) is 9.25. The van der Waals surface area contributed by atoms with E-state index in [2.05, 4.69) is 74.0 Å². The zero-order chi connectivity index (χ0) is 22.2. The van der Waals surface area contributed by atoms with Gasteiger partial charge in [-0.15, -0.1) is 0 Å². The van der Waals surface area contributed by atoms with Crippen LogP contribution in [0.3, 0.4) is 0 Å². The number of aryl methyl sites for hydroxylation is 1. The maximum Gasteiger partial charge on any atom is 0.321 e. The summed E-state index contributed by atoms with van der Waals surface area (Å²) < 4.78 is 3.21. The molecule has 2 aromatic carbocycles. The third kappa shape index (κ3) is 3.81. The van der Waals surface area contributed by atoms with Crippen molar-refractivity contribution in [1.29, 1.82) is 0 Å². The largest absolute Gasteiger partial charge is 0.353 e. The number of fused-ring (bicyclic) bond motifs is 3. The number of hydrogen-bond donors (Lipinski definition) is 1. The predicted octanol–water partition coefficient (Wildman–Crippen LogP) is 5.61. The van der Waals surface area contributed by atoms with Gasteiger partial charge < -0.3 is 19.5 Å². The lowest BCUT2D eigenvalue weighted by atomic mass is 10.1. The van der Waals surface area contributed by atoms with E-state index in [9.17, 15) is 4.79 Å². The van der Waals surface area contributed by atoms with Crippen molar-refractivity contribution >= 4 is 50.0 Å². The van der Waals surface area contributed by atoms with Crippen molar-refractivity contribution in [2.45, 2.75) is 20.3 Å². The third-order valence-corrected chi connectivity index (χ3v) is 6.82. The number of nitrogens with one attached hydrogen (secondary N) is 1. The Morgan fingerprint density at radius 3 is 2.75 bits per heavy atom. The lowest BCUT2D eigenvalue weighted by Crippen LogP contribution is -2.38. The topological polar surface area (TPSA) is 52.9 Å². The van der Waals surface area contributed by atoms with Gasteiger partial charge >= 0.3 is 6.03 Å². The molecule has 1 saturated heterocycles. The van der Waals surface area contributed by atoms with Crippen LogP contribution in [0.1, 0.15) is 17.5 Å². The average Bonchev–Trinajstić information content (AvgIpc) is 3.14. The molecule has 0 saturated carbocycles. The first kappa shape index (κ1) is 20.8. The standard InChI is InChI=1S/C25H26BrN5O/c1-17-6-3-7-20(18(17)2)28-25(32)30-12-5-11-29(14-15-30)24-23-8-4-13-31(23)22-10-9-19(26)16-21(22)27-24/h3-4,6-10,13,16H,5,11-12,14-15H2,1-2H3,(H,28,32). The Balaban J connectivity index is 1.38. The molecule has 2 aromatic heterocycles. The van der Waals surface area contributed by atoms with Crippen LogP contribution < -0.4 is 10.2 Å². The first-order valence-corrected chi connectivity index (χ1v) is 11.7. The van der Waals surface area contributed by atoms with Crippen LogP contribution in [0.2, 0.25) is 0 Å². The molecule has 0 radical (unpaired) electrons. The number of hydrogen-bond acceptors (Lipinski definition) is 3. The van der Waals surface area contributed by atoms with Crippen LogP contribution in [-0.4, -0.2) is 46.5 Å². The summed E-state index contributed by atoms with van der Waals surface area (Å²) in [7, 11) is 0. The van der Waals surface area contributed by atoms with Crippen molar-refractivity contribution in [2.75, 3.05) is 36.4 Å². The minimum atomic E-state index is -0.0382. The minimum absolute atomic E-state index is 0.0382. The van der Waals surface area contributed by atoms with Crippen molar-refractivity contribution in [3.8, 4) is 0 Å². The predicted molar refractivity (Wildman–Crippen MR) is 134 cm³/mol. The van der Waals surface area contributed by atoms with Gasteiger partial charge in [0.1, 0.15) is 0 Å². The molecule has 0 aliphatic carbocycles. The quantitative estimate of drug-likeness (QED) is 0.396. The second-order valence-electron chi connectivity index (χ2n) is 8.34. The van der Waals surface area contributed by atoms with E-state index in [4.69, 9.17) is 4.98 Å². The summed E-state index contributed by atoms with van der Waals surface area (Å²) in [4.78, 5) is 22.2. The molecule has 4 aromatic rings. The molecular formula is C25H26BrN5O.